The van der Waals surface area contributed by atoms with Crippen LogP contribution in [-0.2, 0) is 24.2 Å². The summed E-state index contributed by atoms with van der Waals surface area (Å²) < 4.78 is 1.53. The number of aryl methyl sites for hydroxylation is 3. The van der Waals surface area contributed by atoms with Gasteiger partial charge in [0.1, 0.15) is 4.83 Å². The summed E-state index contributed by atoms with van der Waals surface area (Å²) in [4.78, 5) is 28.8. The van der Waals surface area contributed by atoms with Crippen LogP contribution >= 0.6 is 11.3 Å². The van der Waals surface area contributed by atoms with Crippen LogP contribution in [0.2, 0.25) is 0 Å². The quantitative estimate of drug-likeness (QED) is 0.742. The van der Waals surface area contributed by atoms with Gasteiger partial charge in [0, 0.05) is 23.9 Å². The van der Waals surface area contributed by atoms with Crippen molar-refractivity contribution in [3.63, 3.8) is 0 Å². The van der Waals surface area contributed by atoms with Crippen molar-refractivity contribution in [1.82, 2.24) is 9.55 Å². The highest BCUT2D eigenvalue weighted by Crippen LogP contribution is 2.33. The molecule has 3 aromatic rings. The van der Waals surface area contributed by atoms with E-state index in [1.165, 1.54) is 46.2 Å². The summed E-state index contributed by atoms with van der Waals surface area (Å²) in [5.41, 5.74) is 4.72. The highest BCUT2D eigenvalue weighted by Gasteiger charge is 2.16. The van der Waals surface area contributed by atoms with Gasteiger partial charge in [0.2, 0.25) is 0 Å². The minimum atomic E-state index is -0.850. The second-order valence-corrected chi connectivity index (χ2v) is 7.62. The maximum absolute atomic E-state index is 12.9. The Morgan fingerprint density at radius 2 is 2.04 bits per heavy atom. The number of carbonyl (C=O) groups is 1. The molecule has 1 aromatic carbocycles. The number of aromatic nitrogens is 2. The lowest BCUT2D eigenvalue weighted by Gasteiger charge is -2.16. The number of benzene rings is 1. The molecule has 1 aliphatic carbocycles. The van der Waals surface area contributed by atoms with E-state index >= 15 is 0 Å². The Kier molecular flexibility index (Phi) is 4.59. The monoisotopic (exact) mass is 368 g/mol. The fraction of sp³-hybridized carbons (Fsp3) is 0.350. The summed E-state index contributed by atoms with van der Waals surface area (Å²) in [5.74, 6) is -0.850. The molecule has 0 unspecified atom stereocenters. The van der Waals surface area contributed by atoms with E-state index in [0.717, 1.165) is 28.8 Å². The van der Waals surface area contributed by atoms with Crippen LogP contribution in [0.15, 0.2) is 34.7 Å². The van der Waals surface area contributed by atoms with Gasteiger partial charge in [0.25, 0.3) is 5.56 Å². The number of hydrogen-bond donors (Lipinski definition) is 1. The largest absolute Gasteiger partial charge is 0.481 e. The van der Waals surface area contributed by atoms with Crippen LogP contribution in [0.5, 0.6) is 0 Å². The normalized spacial score (nSPS) is 13.7. The lowest BCUT2D eigenvalue weighted by atomic mass is 9.89. The van der Waals surface area contributed by atoms with E-state index < -0.39 is 5.97 Å². The Morgan fingerprint density at radius 3 is 2.85 bits per heavy atom. The molecular weight excluding hydrogens is 348 g/mol. The van der Waals surface area contributed by atoms with Gasteiger partial charge >= 0.3 is 5.97 Å². The van der Waals surface area contributed by atoms with Gasteiger partial charge < -0.3 is 5.11 Å². The second-order valence-electron chi connectivity index (χ2n) is 6.76. The molecule has 0 saturated heterocycles. The zero-order valence-corrected chi connectivity index (χ0v) is 15.2. The number of fused-ring (bicyclic) bond motifs is 2. The minimum absolute atomic E-state index is 0.0474. The number of carboxylic acids is 1. The first-order chi connectivity index (χ1) is 12.6. The maximum Gasteiger partial charge on any atom is 0.303 e. The molecule has 1 N–H and O–H groups in total. The lowest BCUT2D eigenvalue weighted by molar-refractivity contribution is -0.137. The van der Waals surface area contributed by atoms with Crippen LogP contribution in [-0.4, -0.2) is 20.6 Å². The van der Waals surface area contributed by atoms with Crippen molar-refractivity contribution in [1.29, 1.82) is 0 Å². The number of carboxylic acid groups (broad SMARTS) is 1. The summed E-state index contributed by atoms with van der Waals surface area (Å²) in [6.45, 7) is 0.369. The summed E-state index contributed by atoms with van der Waals surface area (Å²) in [6.07, 6.45) is 6.70. The van der Waals surface area contributed by atoms with E-state index in [-0.39, 0.29) is 12.0 Å². The van der Waals surface area contributed by atoms with E-state index in [1.807, 2.05) is 5.38 Å². The number of hydrogen-bond acceptors (Lipinski definition) is 4. The van der Waals surface area contributed by atoms with Crippen molar-refractivity contribution in [3.8, 4) is 11.1 Å². The molecule has 0 aliphatic heterocycles. The molecule has 0 bridgehead atoms. The molecule has 0 radical (unpaired) electrons. The molecule has 0 atom stereocenters. The standard InChI is InChI=1S/C20H20N2O3S/c23-17(24)6-3-9-22-12-21-19-18(20(22)25)16(11-26-19)15-8-7-13-4-1-2-5-14(13)10-15/h7-8,10-12H,1-6,9H2,(H,23,24). The number of aliphatic carboxylic acids is 1. The van der Waals surface area contributed by atoms with Crippen LogP contribution in [0.4, 0.5) is 0 Å². The van der Waals surface area contributed by atoms with Crippen molar-refractivity contribution < 1.29 is 9.90 Å². The summed E-state index contributed by atoms with van der Waals surface area (Å²) in [5, 5.41) is 11.4. The Balaban J connectivity index is 1.74. The van der Waals surface area contributed by atoms with Gasteiger partial charge in [-0.25, -0.2) is 4.98 Å². The predicted octanol–water partition coefficient (Wildman–Crippen LogP) is 3.87. The highest BCUT2D eigenvalue weighted by atomic mass is 32.1. The van der Waals surface area contributed by atoms with Crippen molar-refractivity contribution in [2.45, 2.75) is 45.1 Å². The fourth-order valence-corrected chi connectivity index (χ4v) is 4.55. The third-order valence-electron chi connectivity index (χ3n) is 5.01. The first-order valence-corrected chi connectivity index (χ1v) is 9.82. The van der Waals surface area contributed by atoms with Crippen LogP contribution in [0.25, 0.3) is 21.3 Å². The number of nitrogens with zero attached hydrogens (tertiary/aromatic N) is 2. The van der Waals surface area contributed by atoms with Crippen LogP contribution in [0.1, 0.15) is 36.8 Å². The van der Waals surface area contributed by atoms with Gasteiger partial charge in [-0.15, -0.1) is 11.3 Å². The molecule has 2 heterocycles. The van der Waals surface area contributed by atoms with Crippen molar-refractivity contribution >= 4 is 27.5 Å². The first-order valence-electron chi connectivity index (χ1n) is 8.94. The van der Waals surface area contributed by atoms with Gasteiger partial charge in [-0.1, -0.05) is 18.2 Å². The molecular formula is C20H20N2O3S. The zero-order chi connectivity index (χ0) is 18.1. The average molecular weight is 368 g/mol. The van der Waals surface area contributed by atoms with Gasteiger partial charge in [0.15, 0.2) is 0 Å². The van der Waals surface area contributed by atoms with Crippen molar-refractivity contribution in [2.24, 2.45) is 0 Å². The number of thiophene rings is 1. The molecule has 26 heavy (non-hydrogen) atoms. The zero-order valence-electron chi connectivity index (χ0n) is 14.4. The minimum Gasteiger partial charge on any atom is -0.481 e. The Morgan fingerprint density at radius 1 is 1.23 bits per heavy atom. The molecule has 134 valence electrons. The van der Waals surface area contributed by atoms with E-state index in [4.69, 9.17) is 5.11 Å². The molecule has 0 fully saturated rings. The van der Waals surface area contributed by atoms with Gasteiger partial charge in [-0.3, -0.25) is 14.2 Å². The van der Waals surface area contributed by atoms with Crippen molar-refractivity contribution in [2.75, 3.05) is 0 Å². The van der Waals surface area contributed by atoms with Crippen LogP contribution in [0.3, 0.4) is 0 Å². The second kappa shape index (κ2) is 7.03. The molecule has 0 saturated carbocycles. The van der Waals surface area contributed by atoms with E-state index in [9.17, 15) is 9.59 Å². The first kappa shape index (κ1) is 17.0. The van der Waals surface area contributed by atoms with E-state index in [2.05, 4.69) is 23.2 Å². The van der Waals surface area contributed by atoms with Gasteiger partial charge in [-0.2, -0.15) is 0 Å². The fourth-order valence-electron chi connectivity index (χ4n) is 3.64. The van der Waals surface area contributed by atoms with E-state index in [1.54, 1.807) is 0 Å². The number of rotatable bonds is 5. The maximum atomic E-state index is 12.9. The SMILES string of the molecule is O=C(O)CCCn1cnc2scc(-c3ccc4c(c3)CCCC4)c2c1=O. The Bertz CT molecular complexity index is 1040. The predicted molar refractivity (Wildman–Crippen MR) is 103 cm³/mol. The van der Waals surface area contributed by atoms with Crippen molar-refractivity contribution in [3.05, 3.63) is 51.4 Å². The molecule has 1 aliphatic rings. The summed E-state index contributed by atoms with van der Waals surface area (Å²) >= 11 is 1.48. The molecule has 2 aromatic heterocycles. The molecule has 0 amide bonds. The Labute approximate surface area is 154 Å². The molecule has 0 spiro atoms. The average Bonchev–Trinajstić information content (AvgIpc) is 3.08. The molecule has 6 heteroatoms. The smallest absolute Gasteiger partial charge is 0.303 e. The lowest BCUT2D eigenvalue weighted by Crippen LogP contribution is -2.20. The third kappa shape index (κ3) is 3.17. The van der Waals surface area contributed by atoms with E-state index in [0.29, 0.717) is 18.4 Å². The molecule has 4 rings (SSSR count). The highest BCUT2D eigenvalue weighted by molar-refractivity contribution is 7.17. The third-order valence-corrected chi connectivity index (χ3v) is 5.90. The summed E-state index contributed by atoms with van der Waals surface area (Å²) in [6, 6.07) is 6.51. The summed E-state index contributed by atoms with van der Waals surface area (Å²) in [7, 11) is 0. The topological polar surface area (TPSA) is 72.2 Å². The van der Waals surface area contributed by atoms with Gasteiger partial charge in [0.05, 0.1) is 11.7 Å². The van der Waals surface area contributed by atoms with Crippen LogP contribution in [0, 0.1) is 0 Å². The van der Waals surface area contributed by atoms with Gasteiger partial charge in [-0.05, 0) is 48.8 Å². The Hall–Kier alpha value is -2.47. The molecule has 5 nitrogen and oxygen atoms in total. The van der Waals surface area contributed by atoms with Crippen LogP contribution < -0.4 is 5.56 Å².